The van der Waals surface area contributed by atoms with Crippen LogP contribution in [0, 0.1) is 0 Å². The molecule has 1 aliphatic heterocycles. The topological polar surface area (TPSA) is 44.8 Å². The van der Waals surface area contributed by atoms with Gasteiger partial charge in [-0.15, -0.1) is 6.58 Å². The van der Waals surface area contributed by atoms with Crippen molar-refractivity contribution >= 4 is 5.97 Å². The summed E-state index contributed by atoms with van der Waals surface area (Å²) in [5, 5.41) is 0. The molecular weight excluding hydrogens is 232 g/mol. The van der Waals surface area contributed by atoms with Gasteiger partial charge in [0.1, 0.15) is 5.60 Å². The summed E-state index contributed by atoms with van der Waals surface area (Å²) in [6.07, 6.45) is 2.35. The third-order valence-corrected chi connectivity index (χ3v) is 2.46. The van der Waals surface area contributed by atoms with Gasteiger partial charge in [-0.3, -0.25) is 4.79 Å². The average Bonchev–Trinajstić information content (AvgIpc) is 2.11. The molecule has 4 heteroatoms. The lowest BCUT2D eigenvalue weighted by molar-refractivity contribution is -0.290. The van der Waals surface area contributed by atoms with Gasteiger partial charge in [-0.25, -0.2) is 0 Å². The summed E-state index contributed by atoms with van der Waals surface area (Å²) in [6, 6.07) is 0. The van der Waals surface area contributed by atoms with E-state index < -0.39 is 11.4 Å². The molecule has 1 aliphatic rings. The predicted octanol–water partition coefficient (Wildman–Crippen LogP) is 2.81. The highest BCUT2D eigenvalue weighted by atomic mass is 16.7. The van der Waals surface area contributed by atoms with E-state index in [9.17, 15) is 4.79 Å². The third kappa shape index (κ3) is 5.19. The Balaban J connectivity index is 2.56. The molecule has 0 N–H and O–H groups in total. The van der Waals surface area contributed by atoms with Crippen LogP contribution >= 0.6 is 0 Å². The molecule has 1 fully saturated rings. The molecule has 0 aromatic carbocycles. The van der Waals surface area contributed by atoms with Crippen molar-refractivity contribution in [2.24, 2.45) is 0 Å². The molecule has 0 spiro atoms. The molecule has 1 rings (SSSR count). The highest BCUT2D eigenvalue weighted by Gasteiger charge is 2.35. The Hall–Kier alpha value is -0.870. The second kappa shape index (κ2) is 5.41. The first-order valence-electron chi connectivity index (χ1n) is 6.31. The van der Waals surface area contributed by atoms with Crippen LogP contribution in [0.25, 0.3) is 0 Å². The summed E-state index contributed by atoms with van der Waals surface area (Å²) in [6.45, 7) is 13.0. The zero-order valence-corrected chi connectivity index (χ0v) is 12.0. The summed E-state index contributed by atoms with van der Waals surface area (Å²) < 4.78 is 16.7. The average molecular weight is 256 g/mol. The van der Waals surface area contributed by atoms with Crippen molar-refractivity contribution in [1.82, 2.24) is 0 Å². The van der Waals surface area contributed by atoms with Gasteiger partial charge in [0, 0.05) is 6.42 Å². The first-order chi connectivity index (χ1) is 8.11. The minimum Gasteiger partial charge on any atom is -0.460 e. The van der Waals surface area contributed by atoms with Crippen LogP contribution < -0.4 is 0 Å². The van der Waals surface area contributed by atoms with Gasteiger partial charge in [-0.1, -0.05) is 6.08 Å². The van der Waals surface area contributed by atoms with E-state index in [1.54, 1.807) is 6.08 Å². The SMILES string of the molecule is C=C[C@@H]1C[C@H](CC(=O)OC(C)(C)C)OC(C)(C)O1. The van der Waals surface area contributed by atoms with E-state index in [4.69, 9.17) is 14.2 Å². The van der Waals surface area contributed by atoms with E-state index in [0.717, 1.165) is 0 Å². The Labute approximate surface area is 109 Å². The van der Waals surface area contributed by atoms with Crippen LogP contribution in [0.15, 0.2) is 12.7 Å². The van der Waals surface area contributed by atoms with Crippen LogP contribution in [0.4, 0.5) is 0 Å². The lowest BCUT2D eigenvalue weighted by Gasteiger charge is -2.39. The van der Waals surface area contributed by atoms with Crippen molar-refractivity contribution in [2.75, 3.05) is 0 Å². The maximum Gasteiger partial charge on any atom is 0.308 e. The van der Waals surface area contributed by atoms with Crippen molar-refractivity contribution in [3.8, 4) is 0 Å². The van der Waals surface area contributed by atoms with Crippen LogP contribution in [-0.2, 0) is 19.0 Å². The van der Waals surface area contributed by atoms with Gasteiger partial charge in [-0.05, 0) is 34.6 Å². The van der Waals surface area contributed by atoms with Gasteiger partial charge < -0.3 is 14.2 Å². The van der Waals surface area contributed by atoms with Crippen LogP contribution in [0.5, 0.6) is 0 Å². The maximum atomic E-state index is 11.8. The summed E-state index contributed by atoms with van der Waals surface area (Å²) >= 11 is 0. The molecule has 18 heavy (non-hydrogen) atoms. The third-order valence-electron chi connectivity index (χ3n) is 2.46. The number of carbonyl (C=O) groups is 1. The van der Waals surface area contributed by atoms with Crippen molar-refractivity contribution < 1.29 is 19.0 Å². The molecule has 0 saturated carbocycles. The first-order valence-corrected chi connectivity index (χ1v) is 6.31. The highest BCUT2D eigenvalue weighted by molar-refractivity contribution is 5.70. The van der Waals surface area contributed by atoms with Crippen LogP contribution in [0.3, 0.4) is 0 Å². The molecule has 0 unspecified atom stereocenters. The summed E-state index contributed by atoms with van der Waals surface area (Å²) in [4.78, 5) is 11.8. The number of hydrogen-bond acceptors (Lipinski definition) is 4. The van der Waals surface area contributed by atoms with Crippen molar-refractivity contribution in [3.63, 3.8) is 0 Å². The normalized spacial score (nSPS) is 27.6. The zero-order valence-electron chi connectivity index (χ0n) is 12.0. The lowest BCUT2D eigenvalue weighted by Crippen LogP contribution is -2.45. The molecule has 104 valence electrons. The Morgan fingerprint density at radius 1 is 1.44 bits per heavy atom. The summed E-state index contributed by atoms with van der Waals surface area (Å²) in [5.41, 5.74) is -0.463. The van der Waals surface area contributed by atoms with Crippen LogP contribution in [0.1, 0.15) is 47.5 Å². The minimum atomic E-state index is -0.691. The molecule has 1 saturated heterocycles. The van der Waals surface area contributed by atoms with Gasteiger partial charge in [0.15, 0.2) is 5.79 Å². The number of hydrogen-bond donors (Lipinski definition) is 0. The summed E-state index contributed by atoms with van der Waals surface area (Å²) in [7, 11) is 0. The fraction of sp³-hybridized carbons (Fsp3) is 0.786. The molecule has 0 aromatic heterocycles. The highest BCUT2D eigenvalue weighted by Crippen LogP contribution is 2.29. The smallest absolute Gasteiger partial charge is 0.308 e. The predicted molar refractivity (Wildman–Crippen MR) is 69.1 cm³/mol. The van der Waals surface area contributed by atoms with Gasteiger partial charge in [0.25, 0.3) is 0 Å². The molecule has 1 heterocycles. The van der Waals surface area contributed by atoms with E-state index in [1.165, 1.54) is 0 Å². The van der Waals surface area contributed by atoms with Gasteiger partial charge in [0.2, 0.25) is 0 Å². The van der Waals surface area contributed by atoms with Gasteiger partial charge in [-0.2, -0.15) is 0 Å². The fourth-order valence-corrected chi connectivity index (χ4v) is 1.99. The molecule has 0 amide bonds. The molecular formula is C14H24O4. The van der Waals surface area contributed by atoms with Gasteiger partial charge in [0.05, 0.1) is 18.6 Å². The van der Waals surface area contributed by atoms with Crippen molar-refractivity contribution in [3.05, 3.63) is 12.7 Å². The summed E-state index contributed by atoms with van der Waals surface area (Å²) in [5.74, 6) is -0.933. The standard InChI is InChI=1S/C14H24O4/c1-7-10-8-11(17-14(5,6)16-10)9-12(15)18-13(2,3)4/h7,10-11H,1,8-9H2,2-6H3/t10-,11-/m1/s1. The number of rotatable bonds is 3. The Morgan fingerprint density at radius 3 is 2.56 bits per heavy atom. The molecule has 2 atom stereocenters. The Kier molecular flexibility index (Phi) is 4.56. The zero-order chi connectivity index (χ0) is 14.0. The second-order valence-electron chi connectivity index (χ2n) is 6.06. The van der Waals surface area contributed by atoms with E-state index in [0.29, 0.717) is 6.42 Å². The number of carbonyl (C=O) groups excluding carboxylic acids is 1. The molecule has 0 aliphatic carbocycles. The first kappa shape index (κ1) is 15.2. The quantitative estimate of drug-likeness (QED) is 0.575. The monoisotopic (exact) mass is 256 g/mol. The van der Waals surface area contributed by atoms with Crippen molar-refractivity contribution in [2.45, 2.75) is 71.1 Å². The van der Waals surface area contributed by atoms with E-state index in [-0.39, 0.29) is 24.6 Å². The molecule has 0 bridgehead atoms. The van der Waals surface area contributed by atoms with Crippen LogP contribution in [-0.4, -0.2) is 29.6 Å². The number of ether oxygens (including phenoxy) is 3. The largest absolute Gasteiger partial charge is 0.460 e. The molecule has 0 radical (unpaired) electrons. The van der Waals surface area contributed by atoms with Gasteiger partial charge >= 0.3 is 5.97 Å². The lowest BCUT2D eigenvalue weighted by atomic mass is 10.1. The minimum absolute atomic E-state index is 0.0822. The van der Waals surface area contributed by atoms with Crippen LogP contribution in [0.2, 0.25) is 0 Å². The van der Waals surface area contributed by atoms with Crippen molar-refractivity contribution in [1.29, 1.82) is 0 Å². The number of esters is 1. The Morgan fingerprint density at radius 2 is 2.06 bits per heavy atom. The molecule has 4 nitrogen and oxygen atoms in total. The van der Waals surface area contributed by atoms with E-state index in [2.05, 4.69) is 6.58 Å². The molecule has 0 aromatic rings. The van der Waals surface area contributed by atoms with E-state index >= 15 is 0 Å². The maximum absolute atomic E-state index is 11.8. The second-order valence-corrected chi connectivity index (χ2v) is 6.06. The van der Waals surface area contributed by atoms with E-state index in [1.807, 2.05) is 34.6 Å². The Bertz CT molecular complexity index is 314. The fourth-order valence-electron chi connectivity index (χ4n) is 1.99.